The van der Waals surface area contributed by atoms with E-state index in [1.54, 1.807) is 6.20 Å². The summed E-state index contributed by atoms with van der Waals surface area (Å²) in [6.45, 7) is 4.32. The average Bonchev–Trinajstić information content (AvgIpc) is 2.78. The lowest BCUT2D eigenvalue weighted by atomic mass is 10.0. The number of rotatable bonds is 3. The number of aromatic nitrogens is 1. The zero-order valence-corrected chi connectivity index (χ0v) is 9.97. The van der Waals surface area contributed by atoms with E-state index < -0.39 is 0 Å². The summed E-state index contributed by atoms with van der Waals surface area (Å²) in [5.41, 5.74) is 2.29. The van der Waals surface area contributed by atoms with E-state index in [0.717, 1.165) is 5.56 Å². The van der Waals surface area contributed by atoms with E-state index >= 15 is 0 Å². The minimum Gasteiger partial charge on any atom is -0.440 e. The summed E-state index contributed by atoms with van der Waals surface area (Å²) in [7, 11) is 0. The summed E-state index contributed by atoms with van der Waals surface area (Å²) in [6.07, 6.45) is 1.88. The first-order valence-corrected chi connectivity index (χ1v) is 5.62. The molecular weight excluding hydrogens is 212 g/mol. The van der Waals surface area contributed by atoms with Gasteiger partial charge in [-0.2, -0.15) is 5.26 Å². The average molecular weight is 226 g/mol. The maximum atomic E-state index is 8.55. The third-order valence-corrected chi connectivity index (χ3v) is 2.65. The second kappa shape index (κ2) is 4.84. The molecule has 1 aromatic carbocycles. The maximum absolute atomic E-state index is 8.55. The normalized spacial score (nSPS) is 10.5. The van der Waals surface area contributed by atoms with E-state index in [9.17, 15) is 0 Å². The summed E-state index contributed by atoms with van der Waals surface area (Å²) >= 11 is 0. The fourth-order valence-electron chi connectivity index (χ4n) is 1.63. The Morgan fingerprint density at radius 2 is 2.00 bits per heavy atom. The summed E-state index contributed by atoms with van der Waals surface area (Å²) in [6, 6.07) is 10.2. The van der Waals surface area contributed by atoms with E-state index in [2.05, 4.69) is 31.0 Å². The van der Waals surface area contributed by atoms with Crippen LogP contribution < -0.4 is 0 Å². The summed E-state index contributed by atoms with van der Waals surface area (Å²) in [5, 5.41) is 8.55. The lowest BCUT2D eigenvalue weighted by molar-refractivity contribution is 0.523. The molecule has 0 saturated carbocycles. The molecule has 1 aromatic heterocycles. The van der Waals surface area contributed by atoms with Crippen LogP contribution >= 0.6 is 0 Å². The fourth-order valence-corrected chi connectivity index (χ4v) is 1.63. The van der Waals surface area contributed by atoms with Crippen molar-refractivity contribution in [3.8, 4) is 17.4 Å². The van der Waals surface area contributed by atoms with Gasteiger partial charge >= 0.3 is 0 Å². The van der Waals surface area contributed by atoms with Gasteiger partial charge < -0.3 is 4.42 Å². The molecule has 86 valence electrons. The van der Waals surface area contributed by atoms with Gasteiger partial charge in [-0.05, 0) is 11.5 Å². The molecule has 0 aliphatic rings. The third kappa shape index (κ3) is 2.54. The molecule has 0 bridgehead atoms. The first kappa shape index (κ1) is 11.4. The second-order valence-electron chi connectivity index (χ2n) is 4.23. The van der Waals surface area contributed by atoms with Crippen molar-refractivity contribution < 1.29 is 4.42 Å². The van der Waals surface area contributed by atoms with Crippen molar-refractivity contribution in [3.05, 3.63) is 41.9 Å². The van der Waals surface area contributed by atoms with Crippen molar-refractivity contribution in [2.24, 2.45) is 0 Å². The largest absolute Gasteiger partial charge is 0.440 e. The molecule has 3 heteroatoms. The van der Waals surface area contributed by atoms with Crippen molar-refractivity contribution in [2.75, 3.05) is 0 Å². The van der Waals surface area contributed by atoms with E-state index in [0.29, 0.717) is 17.6 Å². The van der Waals surface area contributed by atoms with E-state index in [-0.39, 0.29) is 6.42 Å². The Labute approximate surface area is 101 Å². The second-order valence-corrected chi connectivity index (χ2v) is 4.23. The van der Waals surface area contributed by atoms with E-state index in [1.807, 2.05) is 18.2 Å². The molecule has 0 spiro atoms. The first-order chi connectivity index (χ1) is 8.20. The molecule has 0 atom stereocenters. The molecule has 1 heterocycles. The number of nitriles is 1. The number of hydrogen-bond donors (Lipinski definition) is 0. The van der Waals surface area contributed by atoms with Gasteiger partial charge in [-0.25, -0.2) is 4.98 Å². The van der Waals surface area contributed by atoms with Crippen LogP contribution in [0.2, 0.25) is 0 Å². The minimum absolute atomic E-state index is 0.212. The van der Waals surface area contributed by atoms with Crippen LogP contribution in [0.1, 0.15) is 31.2 Å². The van der Waals surface area contributed by atoms with Crippen LogP contribution in [0.3, 0.4) is 0 Å². The van der Waals surface area contributed by atoms with Crippen molar-refractivity contribution in [3.63, 3.8) is 0 Å². The van der Waals surface area contributed by atoms with Crippen LogP contribution in [0.25, 0.3) is 11.3 Å². The van der Waals surface area contributed by atoms with Crippen LogP contribution in [0.5, 0.6) is 0 Å². The van der Waals surface area contributed by atoms with Gasteiger partial charge in [-0.15, -0.1) is 0 Å². The number of oxazole rings is 1. The molecule has 17 heavy (non-hydrogen) atoms. The zero-order chi connectivity index (χ0) is 12.3. The quantitative estimate of drug-likeness (QED) is 0.804. The van der Waals surface area contributed by atoms with Crippen LogP contribution in [-0.4, -0.2) is 4.98 Å². The molecule has 0 amide bonds. The zero-order valence-electron chi connectivity index (χ0n) is 9.97. The van der Waals surface area contributed by atoms with Gasteiger partial charge in [-0.1, -0.05) is 38.1 Å². The molecule has 0 saturated heterocycles. The predicted octanol–water partition coefficient (Wildman–Crippen LogP) is 3.53. The Hall–Kier alpha value is -2.08. The Morgan fingerprint density at radius 1 is 1.29 bits per heavy atom. The van der Waals surface area contributed by atoms with Gasteiger partial charge in [0, 0.05) is 5.56 Å². The number of benzene rings is 1. The molecule has 2 rings (SSSR count). The molecule has 2 aromatic rings. The third-order valence-electron chi connectivity index (χ3n) is 2.65. The highest BCUT2D eigenvalue weighted by Crippen LogP contribution is 2.23. The lowest BCUT2D eigenvalue weighted by Gasteiger charge is -2.05. The molecule has 0 radical (unpaired) electrons. The van der Waals surface area contributed by atoms with Crippen molar-refractivity contribution >= 4 is 0 Å². The Bertz CT molecular complexity index is 532. The topological polar surface area (TPSA) is 49.8 Å². The molecule has 0 aliphatic carbocycles. The smallest absolute Gasteiger partial charge is 0.209 e. The maximum Gasteiger partial charge on any atom is 0.209 e. The van der Waals surface area contributed by atoms with Crippen molar-refractivity contribution in [1.82, 2.24) is 4.98 Å². The summed E-state index contributed by atoms with van der Waals surface area (Å²) in [5.74, 6) is 1.70. The van der Waals surface area contributed by atoms with Crippen molar-refractivity contribution in [1.29, 1.82) is 5.26 Å². The Kier molecular flexibility index (Phi) is 3.24. The monoisotopic (exact) mass is 226 g/mol. The van der Waals surface area contributed by atoms with Crippen molar-refractivity contribution in [2.45, 2.75) is 26.2 Å². The van der Waals surface area contributed by atoms with Gasteiger partial charge in [0.25, 0.3) is 0 Å². The highest BCUT2D eigenvalue weighted by molar-refractivity contribution is 5.56. The minimum atomic E-state index is 0.212. The van der Waals surface area contributed by atoms with Gasteiger partial charge in [0.1, 0.15) is 6.42 Å². The Morgan fingerprint density at radius 3 is 2.59 bits per heavy atom. The highest BCUT2D eigenvalue weighted by atomic mass is 16.4. The molecule has 3 nitrogen and oxygen atoms in total. The van der Waals surface area contributed by atoms with Crippen LogP contribution in [0.15, 0.2) is 34.9 Å². The first-order valence-electron chi connectivity index (χ1n) is 5.62. The molecule has 0 aliphatic heterocycles. The van der Waals surface area contributed by atoms with Gasteiger partial charge in [0.15, 0.2) is 5.76 Å². The van der Waals surface area contributed by atoms with Crippen LogP contribution in [-0.2, 0) is 6.42 Å². The lowest BCUT2D eigenvalue weighted by Crippen LogP contribution is -1.86. The number of hydrogen-bond acceptors (Lipinski definition) is 3. The summed E-state index contributed by atoms with van der Waals surface area (Å²) in [4.78, 5) is 4.05. The van der Waals surface area contributed by atoms with Crippen LogP contribution in [0, 0.1) is 11.3 Å². The SMILES string of the molecule is CC(C)c1ccc(-c2cnc(CC#N)o2)cc1. The number of nitrogens with zero attached hydrogens (tertiary/aromatic N) is 2. The van der Waals surface area contributed by atoms with Gasteiger partial charge in [-0.3, -0.25) is 0 Å². The van der Waals surface area contributed by atoms with Gasteiger partial charge in [0.2, 0.25) is 5.89 Å². The standard InChI is InChI=1S/C14H14N2O/c1-10(2)11-3-5-12(6-4-11)13-9-16-14(17-13)7-8-15/h3-6,9-10H,7H2,1-2H3. The van der Waals surface area contributed by atoms with E-state index in [1.165, 1.54) is 5.56 Å². The molecule has 0 N–H and O–H groups in total. The predicted molar refractivity (Wildman–Crippen MR) is 65.3 cm³/mol. The molecule has 0 unspecified atom stereocenters. The van der Waals surface area contributed by atoms with Crippen LogP contribution in [0.4, 0.5) is 0 Å². The van der Waals surface area contributed by atoms with Gasteiger partial charge in [0.05, 0.1) is 12.3 Å². The molecule has 0 fully saturated rings. The Balaban J connectivity index is 2.24. The molecular formula is C14H14N2O. The highest BCUT2D eigenvalue weighted by Gasteiger charge is 2.06. The van der Waals surface area contributed by atoms with E-state index in [4.69, 9.17) is 9.68 Å². The summed E-state index contributed by atoms with van der Waals surface area (Å²) < 4.78 is 5.48. The fraction of sp³-hybridized carbons (Fsp3) is 0.286.